The summed E-state index contributed by atoms with van der Waals surface area (Å²) in [5.74, 6) is 0.746. The van der Waals surface area contributed by atoms with Gasteiger partial charge in [-0.15, -0.1) is 0 Å². The average molecular weight is 378 g/mol. The summed E-state index contributed by atoms with van der Waals surface area (Å²) in [6.45, 7) is -0.0400. The fourth-order valence-corrected chi connectivity index (χ4v) is 3.71. The summed E-state index contributed by atoms with van der Waals surface area (Å²) >= 11 is 1.37. The number of hydrogen-bond donors (Lipinski definition) is 4. The second-order valence-corrected chi connectivity index (χ2v) is 7.08. The third-order valence-electron chi connectivity index (χ3n) is 4.33. The first-order chi connectivity index (χ1) is 13.2. The number of hydrogen-bond acceptors (Lipinski definition) is 7. The van der Waals surface area contributed by atoms with E-state index in [1.807, 2.05) is 28.8 Å². The van der Waals surface area contributed by atoms with Crippen LogP contribution in [0.2, 0.25) is 0 Å². The molecule has 8 nitrogen and oxygen atoms in total. The molecule has 4 aromatic heterocycles. The molecule has 4 heterocycles. The van der Waals surface area contributed by atoms with E-state index < -0.39 is 0 Å². The van der Waals surface area contributed by atoms with Gasteiger partial charge in [0.2, 0.25) is 0 Å². The highest BCUT2D eigenvalue weighted by Gasteiger charge is 2.13. The molecule has 27 heavy (non-hydrogen) atoms. The average Bonchev–Trinajstić information content (AvgIpc) is 3.42. The molecule has 0 aliphatic carbocycles. The molecule has 0 aliphatic rings. The van der Waals surface area contributed by atoms with Gasteiger partial charge in [0, 0.05) is 41.1 Å². The number of H-pyrrole nitrogens is 1. The fraction of sp³-hybridized carbons (Fsp3) is 0.0556. The van der Waals surface area contributed by atoms with Crippen LogP contribution in [0.15, 0.2) is 49.2 Å². The molecule has 0 aliphatic heterocycles. The highest BCUT2D eigenvalue weighted by molar-refractivity contribution is 7.15. The number of thiazole rings is 1. The maximum atomic E-state index is 9.80. The number of aliphatic hydroxyl groups excluding tert-OH is 1. The minimum absolute atomic E-state index is 0.0400. The Labute approximate surface area is 156 Å². The van der Waals surface area contributed by atoms with Crippen LogP contribution in [0.25, 0.3) is 27.7 Å². The van der Waals surface area contributed by atoms with E-state index in [2.05, 4.69) is 25.3 Å². The van der Waals surface area contributed by atoms with Crippen LogP contribution >= 0.6 is 11.3 Å². The summed E-state index contributed by atoms with van der Waals surface area (Å²) in [5, 5.41) is 24.5. The van der Waals surface area contributed by atoms with E-state index in [1.54, 1.807) is 24.8 Å². The Morgan fingerprint density at radius 3 is 2.96 bits per heavy atom. The summed E-state index contributed by atoms with van der Waals surface area (Å²) in [6, 6.07) is 5.80. The number of aromatic amines is 1. The Bertz CT molecular complexity index is 1270. The van der Waals surface area contributed by atoms with E-state index in [9.17, 15) is 10.2 Å². The first-order valence-corrected chi connectivity index (χ1v) is 9.00. The van der Waals surface area contributed by atoms with Crippen molar-refractivity contribution in [2.24, 2.45) is 0 Å². The standard InChI is InChI=1S/C18H14N6O2S/c25-9-12-7-22-18(27-12)23-15-16-19-3-4-24(16)14(8-20-15)10-1-2-13-11(5-10)6-21-17(13)26/h1-8,21,25-26H,9H2,(H,20,22,23). The molecule has 0 spiro atoms. The number of fused-ring (bicyclic) bond motifs is 2. The van der Waals surface area contributed by atoms with E-state index in [0.717, 1.165) is 26.9 Å². The van der Waals surface area contributed by atoms with E-state index in [0.29, 0.717) is 16.6 Å². The minimum atomic E-state index is -0.0400. The summed E-state index contributed by atoms with van der Waals surface area (Å²) in [7, 11) is 0. The Kier molecular flexibility index (Phi) is 3.56. The van der Waals surface area contributed by atoms with Crippen LogP contribution < -0.4 is 5.32 Å². The predicted octanol–water partition coefficient (Wildman–Crippen LogP) is 3.28. The second kappa shape index (κ2) is 6.08. The Hall–Kier alpha value is -3.43. The van der Waals surface area contributed by atoms with Gasteiger partial charge in [-0.25, -0.2) is 15.0 Å². The molecule has 0 atom stereocenters. The highest BCUT2D eigenvalue weighted by atomic mass is 32.1. The normalized spacial score (nSPS) is 11.4. The van der Waals surface area contributed by atoms with Gasteiger partial charge in [0.25, 0.3) is 0 Å². The maximum Gasteiger partial charge on any atom is 0.196 e. The van der Waals surface area contributed by atoms with Crippen LogP contribution in [0.4, 0.5) is 10.9 Å². The third-order valence-corrected chi connectivity index (χ3v) is 5.23. The van der Waals surface area contributed by atoms with Crippen LogP contribution in [0.5, 0.6) is 5.88 Å². The molecule has 0 radical (unpaired) electrons. The van der Waals surface area contributed by atoms with Gasteiger partial charge in [0.05, 0.1) is 23.4 Å². The molecular weight excluding hydrogens is 364 g/mol. The van der Waals surface area contributed by atoms with Crippen LogP contribution in [-0.2, 0) is 6.61 Å². The van der Waals surface area contributed by atoms with E-state index >= 15 is 0 Å². The molecule has 0 saturated heterocycles. The molecule has 0 saturated carbocycles. The number of benzene rings is 1. The minimum Gasteiger partial charge on any atom is -0.494 e. The second-order valence-electron chi connectivity index (χ2n) is 5.97. The molecule has 4 N–H and O–H groups in total. The molecule has 9 heteroatoms. The van der Waals surface area contributed by atoms with E-state index in [4.69, 9.17) is 0 Å². The number of anilines is 2. The summed E-state index contributed by atoms with van der Waals surface area (Å²) in [4.78, 5) is 16.8. The van der Waals surface area contributed by atoms with Crippen molar-refractivity contribution < 1.29 is 10.2 Å². The molecule has 0 fully saturated rings. The van der Waals surface area contributed by atoms with Gasteiger partial charge in [0.1, 0.15) is 0 Å². The van der Waals surface area contributed by atoms with Gasteiger partial charge in [-0.05, 0) is 12.1 Å². The summed E-state index contributed by atoms with van der Waals surface area (Å²) in [5.41, 5.74) is 2.51. The van der Waals surface area contributed by atoms with Crippen molar-refractivity contribution in [1.29, 1.82) is 0 Å². The zero-order valence-electron chi connectivity index (χ0n) is 13.9. The van der Waals surface area contributed by atoms with Crippen molar-refractivity contribution in [1.82, 2.24) is 24.3 Å². The number of nitrogens with one attached hydrogen (secondary N) is 2. The number of aromatic nitrogens is 5. The summed E-state index contributed by atoms with van der Waals surface area (Å²) in [6.07, 6.45) is 8.76. The molecule has 134 valence electrons. The van der Waals surface area contributed by atoms with Crippen molar-refractivity contribution in [2.75, 3.05) is 5.32 Å². The first-order valence-electron chi connectivity index (χ1n) is 8.18. The topological polar surface area (TPSA) is 111 Å². The lowest BCUT2D eigenvalue weighted by atomic mass is 10.1. The summed E-state index contributed by atoms with van der Waals surface area (Å²) < 4.78 is 1.95. The predicted molar refractivity (Wildman–Crippen MR) is 103 cm³/mol. The van der Waals surface area contributed by atoms with Crippen LogP contribution in [0.3, 0.4) is 0 Å². The van der Waals surface area contributed by atoms with Crippen molar-refractivity contribution in [2.45, 2.75) is 6.61 Å². The van der Waals surface area contributed by atoms with Crippen LogP contribution in [0.1, 0.15) is 4.88 Å². The van der Waals surface area contributed by atoms with Gasteiger partial charge >= 0.3 is 0 Å². The number of aromatic hydroxyl groups is 1. The number of imidazole rings is 1. The van der Waals surface area contributed by atoms with Gasteiger partial charge in [0.15, 0.2) is 22.5 Å². The zero-order valence-corrected chi connectivity index (χ0v) is 14.7. The van der Waals surface area contributed by atoms with Gasteiger partial charge < -0.3 is 20.5 Å². The SMILES string of the molecule is OCc1cnc(Nc2ncc(-c3ccc4c(O)[nH]cc4c3)n3ccnc23)s1. The Morgan fingerprint density at radius 1 is 1.19 bits per heavy atom. The maximum absolute atomic E-state index is 9.80. The molecule has 1 aromatic carbocycles. The van der Waals surface area contributed by atoms with Crippen molar-refractivity contribution in [3.05, 3.63) is 54.1 Å². The van der Waals surface area contributed by atoms with Gasteiger partial charge in [-0.1, -0.05) is 17.4 Å². The number of aliphatic hydroxyl groups is 1. The lowest BCUT2D eigenvalue weighted by Crippen LogP contribution is -2.00. The molecule has 0 unspecified atom stereocenters. The smallest absolute Gasteiger partial charge is 0.196 e. The van der Waals surface area contributed by atoms with E-state index in [1.165, 1.54) is 11.3 Å². The van der Waals surface area contributed by atoms with Gasteiger partial charge in [-0.2, -0.15) is 0 Å². The molecule has 5 aromatic rings. The van der Waals surface area contributed by atoms with E-state index in [-0.39, 0.29) is 12.5 Å². The molecule has 0 bridgehead atoms. The quantitative estimate of drug-likeness (QED) is 0.382. The number of rotatable bonds is 4. The Morgan fingerprint density at radius 2 is 2.11 bits per heavy atom. The van der Waals surface area contributed by atoms with Crippen LogP contribution in [-0.4, -0.2) is 34.5 Å². The van der Waals surface area contributed by atoms with Crippen molar-refractivity contribution in [3.63, 3.8) is 0 Å². The van der Waals surface area contributed by atoms with Crippen molar-refractivity contribution >= 4 is 38.7 Å². The molecule has 0 amide bonds. The highest BCUT2D eigenvalue weighted by Crippen LogP contribution is 2.31. The fourth-order valence-electron chi connectivity index (χ4n) is 3.04. The lowest BCUT2D eigenvalue weighted by molar-refractivity contribution is 0.285. The lowest BCUT2D eigenvalue weighted by Gasteiger charge is -2.09. The Balaban J connectivity index is 1.58. The third kappa shape index (κ3) is 2.60. The first kappa shape index (κ1) is 15.8. The monoisotopic (exact) mass is 378 g/mol. The molecular formula is C18H14N6O2S. The van der Waals surface area contributed by atoms with Gasteiger partial charge in [-0.3, -0.25) is 4.40 Å². The van der Waals surface area contributed by atoms with Crippen LogP contribution in [0, 0.1) is 0 Å². The van der Waals surface area contributed by atoms with Crippen molar-refractivity contribution in [3.8, 4) is 17.1 Å². The number of nitrogens with zero attached hydrogens (tertiary/aromatic N) is 4. The zero-order chi connectivity index (χ0) is 18.4. The molecule has 5 rings (SSSR count). The largest absolute Gasteiger partial charge is 0.494 e.